The topological polar surface area (TPSA) is 212 Å². The molecule has 8 N–H and O–H groups in total. The number of hydrogen-bond donors (Lipinski definition) is 4. The van der Waals surface area contributed by atoms with Crippen molar-refractivity contribution in [1.29, 1.82) is 0 Å². The van der Waals surface area contributed by atoms with E-state index >= 15 is 0 Å². The molecule has 0 aromatic heterocycles. The van der Waals surface area contributed by atoms with Gasteiger partial charge in [0.2, 0.25) is 0 Å². The molecule has 0 fully saturated rings. The Hall–Kier alpha value is -2.98. The van der Waals surface area contributed by atoms with E-state index in [1.54, 1.807) is 0 Å². The standard InChI is InChI=1S/C10H6O8.2H2O/c11-7(12)3-1-2-4(8(13)14)6(10(17)18)5(3)9(15)16;;/h1-2H,(H,11,12)(H,13,14)(H,15,16)(H,17,18);2*1H2. The highest BCUT2D eigenvalue weighted by Gasteiger charge is 2.29. The van der Waals surface area contributed by atoms with Crippen molar-refractivity contribution in [3.8, 4) is 0 Å². The van der Waals surface area contributed by atoms with Gasteiger partial charge < -0.3 is 31.4 Å². The van der Waals surface area contributed by atoms with E-state index in [0.29, 0.717) is 0 Å². The van der Waals surface area contributed by atoms with E-state index < -0.39 is 46.1 Å². The Labute approximate surface area is 110 Å². The molecule has 0 saturated heterocycles. The van der Waals surface area contributed by atoms with Crippen LogP contribution in [0.5, 0.6) is 0 Å². The van der Waals surface area contributed by atoms with Crippen LogP contribution in [-0.4, -0.2) is 55.3 Å². The normalized spacial score (nSPS) is 8.80. The Morgan fingerprint density at radius 1 is 0.600 bits per heavy atom. The summed E-state index contributed by atoms with van der Waals surface area (Å²) in [5.74, 6) is -6.97. The third-order valence-corrected chi connectivity index (χ3v) is 2.09. The van der Waals surface area contributed by atoms with Crippen LogP contribution in [0.15, 0.2) is 12.1 Å². The van der Waals surface area contributed by atoms with Crippen LogP contribution in [0, 0.1) is 0 Å². The molecule has 0 saturated carbocycles. The molecular formula is C10H10O10. The average molecular weight is 290 g/mol. The molecule has 0 bridgehead atoms. The van der Waals surface area contributed by atoms with E-state index in [0.717, 1.165) is 12.1 Å². The molecule has 0 heterocycles. The first-order chi connectivity index (χ1) is 8.27. The molecule has 20 heavy (non-hydrogen) atoms. The van der Waals surface area contributed by atoms with Gasteiger partial charge in [-0.15, -0.1) is 0 Å². The molecule has 0 amide bonds. The number of carboxylic acids is 4. The minimum Gasteiger partial charge on any atom is -0.478 e. The Morgan fingerprint density at radius 2 is 0.850 bits per heavy atom. The van der Waals surface area contributed by atoms with Crippen LogP contribution in [0.4, 0.5) is 0 Å². The smallest absolute Gasteiger partial charge is 0.337 e. The third kappa shape index (κ3) is 3.28. The lowest BCUT2D eigenvalue weighted by Crippen LogP contribution is -2.19. The highest BCUT2D eigenvalue weighted by atomic mass is 16.4. The first-order valence-electron chi connectivity index (χ1n) is 4.37. The summed E-state index contributed by atoms with van der Waals surface area (Å²) in [5, 5.41) is 35.2. The number of benzene rings is 1. The van der Waals surface area contributed by atoms with Crippen molar-refractivity contribution in [3.63, 3.8) is 0 Å². The molecule has 0 radical (unpaired) electrons. The van der Waals surface area contributed by atoms with Crippen LogP contribution >= 0.6 is 0 Å². The molecule has 110 valence electrons. The quantitative estimate of drug-likeness (QED) is 0.528. The van der Waals surface area contributed by atoms with E-state index in [1.807, 2.05) is 0 Å². The zero-order chi connectivity index (χ0) is 14.0. The molecule has 0 unspecified atom stereocenters. The van der Waals surface area contributed by atoms with Crippen molar-refractivity contribution in [1.82, 2.24) is 0 Å². The fourth-order valence-corrected chi connectivity index (χ4v) is 1.40. The Kier molecular flexibility index (Phi) is 6.60. The van der Waals surface area contributed by atoms with E-state index in [-0.39, 0.29) is 11.0 Å². The molecule has 0 aliphatic rings. The monoisotopic (exact) mass is 290 g/mol. The lowest BCUT2D eigenvalue weighted by atomic mass is 9.95. The van der Waals surface area contributed by atoms with Crippen LogP contribution in [0.25, 0.3) is 0 Å². The van der Waals surface area contributed by atoms with Gasteiger partial charge in [0.1, 0.15) is 0 Å². The highest BCUT2D eigenvalue weighted by molar-refractivity contribution is 6.13. The summed E-state index contributed by atoms with van der Waals surface area (Å²) in [6.07, 6.45) is 0. The van der Waals surface area contributed by atoms with E-state index in [2.05, 4.69) is 0 Å². The van der Waals surface area contributed by atoms with Gasteiger partial charge in [0, 0.05) is 0 Å². The van der Waals surface area contributed by atoms with Gasteiger partial charge in [-0.05, 0) is 12.1 Å². The van der Waals surface area contributed by atoms with E-state index in [4.69, 9.17) is 20.4 Å². The average Bonchev–Trinajstić information content (AvgIpc) is 2.26. The zero-order valence-corrected chi connectivity index (χ0v) is 9.58. The van der Waals surface area contributed by atoms with Crippen molar-refractivity contribution in [2.75, 3.05) is 0 Å². The number of rotatable bonds is 4. The summed E-state index contributed by atoms with van der Waals surface area (Å²) in [6.45, 7) is 0. The second-order valence-electron chi connectivity index (χ2n) is 3.13. The van der Waals surface area contributed by atoms with Gasteiger partial charge in [0.15, 0.2) is 0 Å². The van der Waals surface area contributed by atoms with Gasteiger partial charge in [-0.25, -0.2) is 19.2 Å². The Morgan fingerprint density at radius 3 is 1.00 bits per heavy atom. The number of aromatic carboxylic acids is 4. The fourth-order valence-electron chi connectivity index (χ4n) is 1.40. The maximum absolute atomic E-state index is 10.9. The lowest BCUT2D eigenvalue weighted by Gasteiger charge is -2.08. The van der Waals surface area contributed by atoms with Crippen molar-refractivity contribution in [2.24, 2.45) is 0 Å². The summed E-state index contributed by atoms with van der Waals surface area (Å²) >= 11 is 0. The molecule has 10 heteroatoms. The van der Waals surface area contributed by atoms with Crippen LogP contribution in [0.2, 0.25) is 0 Å². The minimum absolute atomic E-state index is 0. The number of carboxylic acid groups (broad SMARTS) is 4. The Balaban J connectivity index is 0. The van der Waals surface area contributed by atoms with Crippen LogP contribution in [0.1, 0.15) is 41.4 Å². The summed E-state index contributed by atoms with van der Waals surface area (Å²) in [4.78, 5) is 43.4. The predicted molar refractivity (Wildman–Crippen MR) is 61.5 cm³/mol. The maximum atomic E-state index is 10.9. The van der Waals surface area contributed by atoms with Crippen LogP contribution in [-0.2, 0) is 0 Å². The van der Waals surface area contributed by atoms with Crippen molar-refractivity contribution >= 4 is 23.9 Å². The van der Waals surface area contributed by atoms with Crippen molar-refractivity contribution in [3.05, 3.63) is 34.4 Å². The van der Waals surface area contributed by atoms with Gasteiger partial charge in [-0.3, -0.25) is 0 Å². The van der Waals surface area contributed by atoms with Gasteiger partial charge in [-0.1, -0.05) is 0 Å². The Bertz CT molecular complexity index is 523. The van der Waals surface area contributed by atoms with Crippen LogP contribution < -0.4 is 0 Å². The lowest BCUT2D eigenvalue weighted by molar-refractivity contribution is 0.0619. The molecule has 0 aliphatic heterocycles. The second kappa shape index (κ2) is 6.82. The van der Waals surface area contributed by atoms with Gasteiger partial charge in [0.25, 0.3) is 0 Å². The molecule has 10 nitrogen and oxygen atoms in total. The number of carbonyl (C=O) groups is 4. The maximum Gasteiger partial charge on any atom is 0.337 e. The first-order valence-corrected chi connectivity index (χ1v) is 4.37. The zero-order valence-electron chi connectivity index (χ0n) is 9.58. The molecule has 1 aromatic carbocycles. The molecule has 0 aliphatic carbocycles. The molecule has 1 aromatic rings. The minimum atomic E-state index is -1.83. The number of hydrogen-bond acceptors (Lipinski definition) is 4. The van der Waals surface area contributed by atoms with Gasteiger partial charge in [0.05, 0.1) is 22.3 Å². The largest absolute Gasteiger partial charge is 0.478 e. The summed E-state index contributed by atoms with van der Waals surface area (Å²) in [5.41, 5.74) is -3.69. The second-order valence-corrected chi connectivity index (χ2v) is 3.13. The molecule has 0 spiro atoms. The summed E-state index contributed by atoms with van der Waals surface area (Å²) < 4.78 is 0. The van der Waals surface area contributed by atoms with Crippen molar-refractivity contribution in [2.45, 2.75) is 0 Å². The molecule has 0 atom stereocenters. The first kappa shape index (κ1) is 19.4. The SMILES string of the molecule is O.O.O=C(O)c1ccc(C(=O)O)c(C(=O)O)c1C(=O)O. The summed E-state index contributed by atoms with van der Waals surface area (Å²) in [7, 11) is 0. The van der Waals surface area contributed by atoms with Gasteiger partial charge >= 0.3 is 23.9 Å². The predicted octanol–water partition coefficient (Wildman–Crippen LogP) is -1.17. The highest BCUT2D eigenvalue weighted by Crippen LogP contribution is 2.20. The fraction of sp³-hybridized carbons (Fsp3) is 0. The van der Waals surface area contributed by atoms with E-state index in [1.165, 1.54) is 0 Å². The van der Waals surface area contributed by atoms with Crippen molar-refractivity contribution < 1.29 is 50.6 Å². The molecular weight excluding hydrogens is 280 g/mol. The van der Waals surface area contributed by atoms with E-state index in [9.17, 15) is 19.2 Å². The molecule has 1 rings (SSSR count). The summed E-state index contributed by atoms with van der Waals surface area (Å²) in [6, 6.07) is 1.48. The van der Waals surface area contributed by atoms with Crippen LogP contribution in [0.3, 0.4) is 0 Å². The third-order valence-electron chi connectivity index (χ3n) is 2.09. The van der Waals surface area contributed by atoms with Gasteiger partial charge in [-0.2, -0.15) is 0 Å².